The highest BCUT2D eigenvalue weighted by molar-refractivity contribution is 5.91. The molecule has 3 aliphatic rings. The molecule has 2 aliphatic heterocycles. The number of aromatic nitrogens is 2. The zero-order valence-corrected chi connectivity index (χ0v) is 29.9. The van der Waals surface area contributed by atoms with Crippen LogP contribution in [-0.4, -0.2) is 76.4 Å². The van der Waals surface area contributed by atoms with Gasteiger partial charge in [-0.3, -0.25) is 4.79 Å². The molecule has 2 aromatic rings. The van der Waals surface area contributed by atoms with Gasteiger partial charge in [0.1, 0.15) is 41.3 Å². The van der Waals surface area contributed by atoms with E-state index in [1.165, 1.54) is 4.90 Å². The Bertz CT molecular complexity index is 1540. The quantitative estimate of drug-likeness (QED) is 0.373. The van der Waals surface area contributed by atoms with Gasteiger partial charge in [0, 0.05) is 12.0 Å². The summed E-state index contributed by atoms with van der Waals surface area (Å²) in [5.41, 5.74) is 0.399. The smallest absolute Gasteiger partial charge is 0.408 e. The van der Waals surface area contributed by atoms with Crippen molar-refractivity contribution in [2.45, 2.75) is 117 Å². The number of nitrogens with one attached hydrogen (secondary N) is 1. The summed E-state index contributed by atoms with van der Waals surface area (Å²) in [4.78, 5) is 53.2. The third-order valence-corrected chi connectivity index (χ3v) is 9.11. The van der Waals surface area contributed by atoms with Crippen molar-refractivity contribution in [1.29, 1.82) is 0 Å². The maximum Gasteiger partial charge on any atom is 0.408 e. The number of allylic oxidation sites excluding steroid dienone is 1. The molecule has 0 spiro atoms. The average molecular weight is 665 g/mol. The molecular formula is C37H52N4O7. The Kier molecular flexibility index (Phi) is 10.3. The molecule has 1 saturated heterocycles. The van der Waals surface area contributed by atoms with Gasteiger partial charge in [-0.15, -0.1) is 0 Å². The number of esters is 1. The molecule has 1 aromatic heterocycles. The number of amides is 2. The summed E-state index contributed by atoms with van der Waals surface area (Å²) in [6.07, 6.45) is 6.62. The van der Waals surface area contributed by atoms with Crippen molar-refractivity contribution in [2.75, 3.05) is 13.7 Å². The Hall–Kier alpha value is -3.89. The first-order valence-corrected chi connectivity index (χ1v) is 17.2. The molecule has 3 heterocycles. The predicted molar refractivity (Wildman–Crippen MR) is 182 cm³/mol. The molecule has 1 aliphatic carbocycles. The maximum atomic E-state index is 14.6. The maximum absolute atomic E-state index is 14.6. The minimum atomic E-state index is -0.962. The molecule has 2 amide bonds. The lowest BCUT2D eigenvalue weighted by Crippen LogP contribution is -2.58. The molecule has 6 unspecified atom stereocenters. The molecular weight excluding hydrogens is 612 g/mol. The van der Waals surface area contributed by atoms with E-state index in [0.717, 1.165) is 25.7 Å². The molecule has 11 nitrogen and oxygen atoms in total. The molecule has 1 saturated carbocycles. The van der Waals surface area contributed by atoms with Crippen molar-refractivity contribution < 1.29 is 33.3 Å². The second kappa shape index (κ2) is 13.9. The van der Waals surface area contributed by atoms with Crippen LogP contribution in [0.25, 0.3) is 17.1 Å². The number of carbonyl (C=O) groups is 3. The van der Waals surface area contributed by atoms with Crippen LogP contribution in [0.2, 0.25) is 0 Å². The van der Waals surface area contributed by atoms with E-state index >= 15 is 0 Å². The Labute approximate surface area is 284 Å². The molecule has 2 bridgehead atoms. The van der Waals surface area contributed by atoms with Crippen molar-refractivity contribution in [2.24, 2.45) is 23.2 Å². The normalized spacial score (nSPS) is 26.8. The fourth-order valence-electron chi connectivity index (χ4n) is 6.68. The molecule has 0 radical (unpaired) electrons. The molecule has 262 valence electrons. The third kappa shape index (κ3) is 8.39. The summed E-state index contributed by atoms with van der Waals surface area (Å²) in [7, 11) is 1.60. The van der Waals surface area contributed by atoms with Crippen LogP contribution in [0.5, 0.6) is 11.6 Å². The van der Waals surface area contributed by atoms with E-state index < -0.39 is 53.1 Å². The summed E-state index contributed by atoms with van der Waals surface area (Å²) in [6, 6.07) is 3.61. The second-order valence-corrected chi connectivity index (χ2v) is 15.9. The highest BCUT2D eigenvalue weighted by Crippen LogP contribution is 2.40. The predicted octanol–water partition coefficient (Wildman–Crippen LogP) is 6.33. The summed E-state index contributed by atoms with van der Waals surface area (Å²) in [6.45, 7) is 15.3. The molecule has 5 rings (SSSR count). The highest BCUT2D eigenvalue weighted by atomic mass is 16.6. The molecule has 6 atom stereocenters. The lowest BCUT2D eigenvalue weighted by molar-refractivity contribution is -0.165. The minimum absolute atomic E-state index is 0.0924. The number of hydrogen-bond donors (Lipinski definition) is 1. The standard InChI is InChI=1S/C37H52N4O7/c1-21(2)17-24-29-20-41(30(24)34(43)48-37(6,7)8)33(42)31(36(3,4)5)40-35(44)47-28-18-22(28)13-11-10-12-14-26-32(46-29)39-27-19-23(45-9)15-16-25(27)38-26/h12,14-16,19,21-22,24,28-31H,10-11,13,17-18,20H2,1-9H3,(H,40,44). The SMILES string of the molecule is COc1ccc2nc3c(nc2c1)OC1CN(C(=O)C(C(C)(C)C)NC(=O)OC2CC2CCCC=C3)C(C(=O)OC(C)(C)C)C1CC(C)C. The Balaban J connectivity index is 1.62. The number of ether oxygens (including phenoxy) is 4. The van der Waals surface area contributed by atoms with Crippen LogP contribution in [0.15, 0.2) is 24.3 Å². The minimum Gasteiger partial charge on any atom is -0.497 e. The van der Waals surface area contributed by atoms with Crippen molar-refractivity contribution in [3.63, 3.8) is 0 Å². The first kappa shape index (κ1) is 35.4. The number of nitrogens with zero attached hydrogens (tertiary/aromatic N) is 3. The number of fused-ring (bicyclic) bond motifs is 5. The molecule has 48 heavy (non-hydrogen) atoms. The van der Waals surface area contributed by atoms with E-state index in [4.69, 9.17) is 28.9 Å². The van der Waals surface area contributed by atoms with Crippen LogP contribution in [0.1, 0.15) is 93.2 Å². The molecule has 2 fully saturated rings. The second-order valence-electron chi connectivity index (χ2n) is 15.9. The first-order valence-electron chi connectivity index (χ1n) is 17.2. The highest BCUT2D eigenvalue weighted by Gasteiger charge is 2.53. The van der Waals surface area contributed by atoms with Crippen LogP contribution in [0.3, 0.4) is 0 Å². The number of alkyl carbamates (subject to hydrolysis) is 1. The summed E-state index contributed by atoms with van der Waals surface area (Å²) in [5.74, 6) is 0.0964. The van der Waals surface area contributed by atoms with Gasteiger partial charge in [-0.1, -0.05) is 40.7 Å². The lowest BCUT2D eigenvalue weighted by Gasteiger charge is -2.36. The van der Waals surface area contributed by atoms with Crippen molar-refractivity contribution >= 4 is 35.1 Å². The van der Waals surface area contributed by atoms with Gasteiger partial charge in [-0.25, -0.2) is 19.6 Å². The van der Waals surface area contributed by atoms with Crippen LogP contribution in [-0.2, 0) is 19.1 Å². The lowest BCUT2D eigenvalue weighted by atomic mass is 9.85. The summed E-state index contributed by atoms with van der Waals surface area (Å²) < 4.78 is 23.9. The van der Waals surface area contributed by atoms with Crippen molar-refractivity contribution in [3.05, 3.63) is 30.0 Å². The number of hydrogen-bond acceptors (Lipinski definition) is 9. The van der Waals surface area contributed by atoms with Gasteiger partial charge in [-0.2, -0.15) is 0 Å². The fourth-order valence-corrected chi connectivity index (χ4v) is 6.68. The summed E-state index contributed by atoms with van der Waals surface area (Å²) >= 11 is 0. The van der Waals surface area contributed by atoms with E-state index in [1.807, 2.05) is 65.8 Å². The monoisotopic (exact) mass is 664 g/mol. The van der Waals surface area contributed by atoms with Gasteiger partial charge in [0.15, 0.2) is 0 Å². The average Bonchev–Trinajstić information content (AvgIpc) is 3.62. The third-order valence-electron chi connectivity index (χ3n) is 9.11. The zero-order valence-electron chi connectivity index (χ0n) is 29.9. The molecule has 1 N–H and O–H groups in total. The fraction of sp³-hybridized carbons (Fsp3) is 0.649. The van der Waals surface area contributed by atoms with Gasteiger partial charge >= 0.3 is 12.1 Å². The number of carbonyl (C=O) groups excluding carboxylic acids is 3. The van der Waals surface area contributed by atoms with E-state index in [0.29, 0.717) is 34.8 Å². The van der Waals surface area contributed by atoms with Gasteiger partial charge in [-0.05, 0) is 88.3 Å². The Morgan fingerprint density at radius 2 is 1.81 bits per heavy atom. The van der Waals surface area contributed by atoms with Crippen LogP contribution < -0.4 is 14.8 Å². The van der Waals surface area contributed by atoms with Crippen molar-refractivity contribution in [3.8, 4) is 11.6 Å². The Morgan fingerprint density at radius 1 is 1.06 bits per heavy atom. The van der Waals surface area contributed by atoms with E-state index in [9.17, 15) is 14.4 Å². The van der Waals surface area contributed by atoms with E-state index in [-0.39, 0.29) is 24.5 Å². The van der Waals surface area contributed by atoms with Crippen LogP contribution in [0.4, 0.5) is 4.79 Å². The van der Waals surface area contributed by atoms with Crippen LogP contribution in [0, 0.1) is 23.2 Å². The number of methoxy groups -OCH3 is 1. The van der Waals surface area contributed by atoms with Gasteiger partial charge in [0.2, 0.25) is 11.8 Å². The van der Waals surface area contributed by atoms with E-state index in [2.05, 4.69) is 25.2 Å². The van der Waals surface area contributed by atoms with E-state index in [1.54, 1.807) is 7.11 Å². The van der Waals surface area contributed by atoms with Gasteiger partial charge in [0.05, 0.1) is 24.7 Å². The zero-order chi connectivity index (χ0) is 35.0. The molecule has 1 aromatic carbocycles. The largest absolute Gasteiger partial charge is 0.497 e. The number of benzene rings is 1. The topological polar surface area (TPSA) is 129 Å². The Morgan fingerprint density at radius 3 is 2.48 bits per heavy atom. The summed E-state index contributed by atoms with van der Waals surface area (Å²) in [5, 5.41) is 2.87. The molecule has 11 heteroatoms. The van der Waals surface area contributed by atoms with Crippen LogP contribution >= 0.6 is 0 Å². The van der Waals surface area contributed by atoms with Gasteiger partial charge in [0.25, 0.3) is 0 Å². The van der Waals surface area contributed by atoms with Crippen molar-refractivity contribution in [1.82, 2.24) is 20.2 Å². The first-order chi connectivity index (χ1) is 22.5. The van der Waals surface area contributed by atoms with Gasteiger partial charge < -0.3 is 29.2 Å². The number of rotatable bonds is 4.